The third-order valence-electron chi connectivity index (χ3n) is 2.25. The molecule has 0 bridgehead atoms. The first-order chi connectivity index (χ1) is 7.79. The van der Waals surface area contributed by atoms with Crippen molar-refractivity contribution >= 4 is 5.91 Å². The maximum absolute atomic E-state index is 12.0. The normalized spacial score (nSPS) is 10.1. The molecule has 1 N–H and O–H groups in total. The molecule has 0 saturated carbocycles. The molecule has 0 aliphatic carbocycles. The van der Waals surface area contributed by atoms with E-state index in [-0.39, 0.29) is 12.5 Å². The summed E-state index contributed by atoms with van der Waals surface area (Å²) in [6.07, 6.45) is 6.32. The van der Waals surface area contributed by atoms with Gasteiger partial charge in [-0.3, -0.25) is 4.79 Å². The number of rotatable bonds is 6. The first kappa shape index (κ1) is 12.6. The van der Waals surface area contributed by atoms with Crippen molar-refractivity contribution in [2.75, 3.05) is 19.7 Å². The van der Waals surface area contributed by atoms with E-state index in [9.17, 15) is 4.79 Å². The van der Waals surface area contributed by atoms with Crippen LogP contribution in [0.1, 0.15) is 30.1 Å². The fourth-order valence-corrected chi connectivity index (χ4v) is 1.38. The zero-order valence-electron chi connectivity index (χ0n) is 9.46. The van der Waals surface area contributed by atoms with Crippen molar-refractivity contribution in [2.45, 2.75) is 19.8 Å². The Morgan fingerprint density at radius 1 is 1.38 bits per heavy atom. The molecule has 0 radical (unpaired) electrons. The Morgan fingerprint density at radius 3 is 2.62 bits per heavy atom. The maximum Gasteiger partial charge on any atom is 0.257 e. The van der Waals surface area contributed by atoms with Gasteiger partial charge in [0, 0.05) is 25.5 Å². The van der Waals surface area contributed by atoms with Crippen LogP contribution in [0.5, 0.6) is 0 Å². The lowest BCUT2D eigenvalue weighted by molar-refractivity contribution is 0.0718. The van der Waals surface area contributed by atoms with Crippen LogP contribution < -0.4 is 0 Å². The Morgan fingerprint density at radius 2 is 2.06 bits per heavy atom. The average Bonchev–Trinajstić information content (AvgIpc) is 2.35. The van der Waals surface area contributed by atoms with Gasteiger partial charge in [0.05, 0.1) is 12.2 Å². The van der Waals surface area contributed by atoms with Crippen LogP contribution in [0.2, 0.25) is 0 Å². The molecule has 0 aliphatic heterocycles. The molecular weight excluding hydrogens is 206 g/mol. The van der Waals surface area contributed by atoms with E-state index in [0.717, 1.165) is 12.8 Å². The van der Waals surface area contributed by atoms with Crippen LogP contribution in [0.25, 0.3) is 0 Å². The van der Waals surface area contributed by atoms with Gasteiger partial charge in [0.2, 0.25) is 0 Å². The zero-order chi connectivity index (χ0) is 11.8. The number of carbonyl (C=O) groups is 1. The van der Waals surface area contributed by atoms with Crippen LogP contribution in [-0.2, 0) is 0 Å². The van der Waals surface area contributed by atoms with Gasteiger partial charge < -0.3 is 10.0 Å². The quantitative estimate of drug-likeness (QED) is 0.771. The number of aromatic nitrogens is 2. The number of carbonyl (C=O) groups excluding carboxylic acids is 1. The second-order valence-electron chi connectivity index (χ2n) is 3.50. The highest BCUT2D eigenvalue weighted by molar-refractivity contribution is 5.93. The highest BCUT2D eigenvalue weighted by Crippen LogP contribution is 2.03. The molecule has 1 amide bonds. The molecule has 0 aliphatic rings. The number of hydrogen-bond acceptors (Lipinski definition) is 4. The molecular formula is C11H17N3O2. The number of hydrogen-bond donors (Lipinski definition) is 1. The van der Waals surface area contributed by atoms with E-state index in [4.69, 9.17) is 5.11 Å². The predicted octanol–water partition coefficient (Wildman–Crippen LogP) is 0.711. The first-order valence-corrected chi connectivity index (χ1v) is 5.44. The van der Waals surface area contributed by atoms with Gasteiger partial charge >= 0.3 is 0 Å². The van der Waals surface area contributed by atoms with Crippen molar-refractivity contribution in [3.05, 3.63) is 24.3 Å². The van der Waals surface area contributed by atoms with E-state index in [1.54, 1.807) is 4.90 Å². The Bertz CT molecular complexity index is 316. The van der Waals surface area contributed by atoms with Crippen LogP contribution in [0.3, 0.4) is 0 Å². The maximum atomic E-state index is 12.0. The summed E-state index contributed by atoms with van der Waals surface area (Å²) < 4.78 is 0. The molecule has 1 aromatic rings. The van der Waals surface area contributed by atoms with Gasteiger partial charge in [-0.2, -0.15) is 0 Å². The fraction of sp³-hybridized carbons (Fsp3) is 0.545. The third kappa shape index (κ3) is 3.58. The van der Waals surface area contributed by atoms with Gasteiger partial charge in [-0.15, -0.1) is 0 Å². The summed E-state index contributed by atoms with van der Waals surface area (Å²) >= 11 is 0. The topological polar surface area (TPSA) is 66.3 Å². The standard InChI is InChI=1S/C11H17N3O2/c1-2-3-4-14(5-6-15)11(16)10-7-12-9-13-8-10/h7-9,15H,2-6H2,1H3. The lowest BCUT2D eigenvalue weighted by Crippen LogP contribution is -2.34. The summed E-state index contributed by atoms with van der Waals surface area (Å²) in [6.45, 7) is 3.05. The number of unbranched alkanes of at least 4 members (excludes halogenated alkanes) is 1. The monoisotopic (exact) mass is 223 g/mol. The largest absolute Gasteiger partial charge is 0.395 e. The Hall–Kier alpha value is -1.49. The van der Waals surface area contributed by atoms with Crippen LogP contribution in [-0.4, -0.2) is 45.6 Å². The summed E-state index contributed by atoms with van der Waals surface area (Å²) in [5, 5.41) is 8.91. The van der Waals surface area contributed by atoms with Crippen molar-refractivity contribution in [3.8, 4) is 0 Å². The van der Waals surface area contributed by atoms with Crippen molar-refractivity contribution in [1.29, 1.82) is 0 Å². The average molecular weight is 223 g/mol. The molecule has 0 aromatic carbocycles. The molecule has 5 heteroatoms. The fourth-order valence-electron chi connectivity index (χ4n) is 1.38. The number of aliphatic hydroxyl groups is 1. The summed E-state index contributed by atoms with van der Waals surface area (Å²) in [6, 6.07) is 0. The van der Waals surface area contributed by atoms with Gasteiger partial charge in [0.25, 0.3) is 5.91 Å². The Labute approximate surface area is 95.1 Å². The van der Waals surface area contributed by atoms with E-state index in [2.05, 4.69) is 16.9 Å². The van der Waals surface area contributed by atoms with E-state index in [1.807, 2.05) is 0 Å². The minimum absolute atomic E-state index is 0.0247. The molecule has 0 atom stereocenters. The van der Waals surface area contributed by atoms with E-state index >= 15 is 0 Å². The van der Waals surface area contributed by atoms with Crippen LogP contribution in [0.4, 0.5) is 0 Å². The summed E-state index contributed by atoms with van der Waals surface area (Å²) in [4.78, 5) is 21.2. The van der Waals surface area contributed by atoms with Crippen molar-refractivity contribution in [2.24, 2.45) is 0 Å². The molecule has 0 unspecified atom stereocenters. The van der Waals surface area contributed by atoms with Crippen molar-refractivity contribution in [3.63, 3.8) is 0 Å². The molecule has 0 saturated heterocycles. The minimum Gasteiger partial charge on any atom is -0.395 e. The third-order valence-corrected chi connectivity index (χ3v) is 2.25. The summed E-state index contributed by atoms with van der Waals surface area (Å²) in [7, 11) is 0. The molecule has 0 fully saturated rings. The highest BCUT2D eigenvalue weighted by Gasteiger charge is 2.14. The second kappa shape index (κ2) is 6.90. The van der Waals surface area contributed by atoms with Crippen LogP contribution >= 0.6 is 0 Å². The predicted molar refractivity (Wildman–Crippen MR) is 59.9 cm³/mol. The van der Waals surface area contributed by atoms with Crippen molar-refractivity contribution < 1.29 is 9.90 Å². The van der Waals surface area contributed by atoms with Crippen molar-refractivity contribution in [1.82, 2.24) is 14.9 Å². The molecule has 88 valence electrons. The Kier molecular flexibility index (Phi) is 5.42. The molecule has 1 heterocycles. The zero-order valence-corrected chi connectivity index (χ0v) is 9.46. The molecule has 0 spiro atoms. The summed E-state index contributed by atoms with van der Waals surface area (Å²) in [5.41, 5.74) is 0.465. The lowest BCUT2D eigenvalue weighted by Gasteiger charge is -2.21. The highest BCUT2D eigenvalue weighted by atomic mass is 16.3. The van der Waals surface area contributed by atoms with Gasteiger partial charge in [-0.05, 0) is 6.42 Å². The minimum atomic E-state index is -0.122. The number of nitrogens with zero attached hydrogens (tertiary/aromatic N) is 3. The van der Waals surface area contributed by atoms with Gasteiger partial charge in [0.1, 0.15) is 6.33 Å². The van der Waals surface area contributed by atoms with E-state index < -0.39 is 0 Å². The van der Waals surface area contributed by atoms with E-state index in [0.29, 0.717) is 18.7 Å². The molecule has 1 rings (SSSR count). The Balaban J connectivity index is 2.67. The number of amides is 1. The first-order valence-electron chi connectivity index (χ1n) is 5.44. The lowest BCUT2D eigenvalue weighted by atomic mass is 10.2. The van der Waals surface area contributed by atoms with E-state index in [1.165, 1.54) is 18.7 Å². The molecule has 1 aromatic heterocycles. The molecule has 5 nitrogen and oxygen atoms in total. The van der Waals surface area contributed by atoms with Crippen LogP contribution in [0.15, 0.2) is 18.7 Å². The summed E-state index contributed by atoms with van der Waals surface area (Å²) in [5.74, 6) is -0.122. The van der Waals surface area contributed by atoms with Crippen LogP contribution in [0, 0.1) is 0 Å². The smallest absolute Gasteiger partial charge is 0.257 e. The van der Waals surface area contributed by atoms with Gasteiger partial charge in [-0.1, -0.05) is 13.3 Å². The SMILES string of the molecule is CCCCN(CCO)C(=O)c1cncnc1. The molecule has 16 heavy (non-hydrogen) atoms. The number of aliphatic hydroxyl groups excluding tert-OH is 1. The van der Waals surface area contributed by atoms with Gasteiger partial charge in [0.15, 0.2) is 0 Å². The van der Waals surface area contributed by atoms with Gasteiger partial charge in [-0.25, -0.2) is 9.97 Å². The second-order valence-corrected chi connectivity index (χ2v) is 3.50.